The fourth-order valence-electron chi connectivity index (χ4n) is 3.51. The zero-order valence-corrected chi connectivity index (χ0v) is 21.4. The van der Waals surface area contributed by atoms with Gasteiger partial charge in [0, 0.05) is 13.1 Å². The lowest BCUT2D eigenvalue weighted by atomic mass is 10.1. The Bertz CT molecular complexity index is 1130. The molecule has 0 unspecified atom stereocenters. The standard InChI is InChI=1S/C24H31ClFN3O4S/c1-5-13-27-24(31)22(6-2)28(15-18-10-8-7-9-17(18)3)23(30)16-29(34(4,32)33)19-11-12-21(26)20(25)14-19/h7-12,14,22H,5-6,13,15-16H2,1-4H3,(H,27,31)/t22-/m0/s1. The molecule has 0 heterocycles. The summed E-state index contributed by atoms with van der Waals surface area (Å²) >= 11 is 5.85. The quantitative estimate of drug-likeness (QED) is 0.496. The van der Waals surface area contributed by atoms with Crippen molar-refractivity contribution in [1.29, 1.82) is 0 Å². The van der Waals surface area contributed by atoms with Gasteiger partial charge in [-0.1, -0.05) is 49.7 Å². The van der Waals surface area contributed by atoms with Crippen molar-refractivity contribution >= 4 is 39.1 Å². The van der Waals surface area contributed by atoms with Gasteiger partial charge in [0.05, 0.1) is 17.0 Å². The number of carbonyl (C=O) groups is 2. The normalized spacial score (nSPS) is 12.2. The molecule has 34 heavy (non-hydrogen) atoms. The molecule has 1 atom stereocenters. The van der Waals surface area contributed by atoms with E-state index in [-0.39, 0.29) is 23.2 Å². The van der Waals surface area contributed by atoms with E-state index in [4.69, 9.17) is 11.6 Å². The smallest absolute Gasteiger partial charge is 0.244 e. The number of amides is 2. The molecule has 10 heteroatoms. The molecule has 186 valence electrons. The molecular weight excluding hydrogens is 481 g/mol. The molecule has 0 saturated heterocycles. The van der Waals surface area contributed by atoms with E-state index in [0.717, 1.165) is 40.2 Å². The molecule has 7 nitrogen and oxygen atoms in total. The van der Waals surface area contributed by atoms with Crippen LogP contribution in [0.15, 0.2) is 42.5 Å². The number of halogens is 2. The number of aryl methyl sites for hydroxylation is 1. The largest absolute Gasteiger partial charge is 0.354 e. The third kappa shape index (κ3) is 7.17. The molecule has 1 N–H and O–H groups in total. The molecule has 2 aromatic carbocycles. The van der Waals surface area contributed by atoms with Crippen LogP contribution in [0.25, 0.3) is 0 Å². The molecule has 0 aromatic heterocycles. The highest BCUT2D eigenvalue weighted by Crippen LogP contribution is 2.25. The summed E-state index contributed by atoms with van der Waals surface area (Å²) in [6, 6.07) is 10.1. The van der Waals surface area contributed by atoms with Gasteiger partial charge in [-0.25, -0.2) is 12.8 Å². The van der Waals surface area contributed by atoms with Crippen molar-refractivity contribution in [2.24, 2.45) is 0 Å². The van der Waals surface area contributed by atoms with Crippen LogP contribution in [0.1, 0.15) is 37.8 Å². The van der Waals surface area contributed by atoms with Gasteiger partial charge in [0.1, 0.15) is 18.4 Å². The molecule has 0 spiro atoms. The van der Waals surface area contributed by atoms with Crippen molar-refractivity contribution in [2.75, 3.05) is 23.7 Å². The van der Waals surface area contributed by atoms with E-state index in [1.807, 2.05) is 38.1 Å². The van der Waals surface area contributed by atoms with E-state index in [0.29, 0.717) is 13.0 Å². The average Bonchev–Trinajstić information content (AvgIpc) is 2.78. The van der Waals surface area contributed by atoms with Crippen molar-refractivity contribution in [2.45, 2.75) is 46.2 Å². The first-order chi connectivity index (χ1) is 16.0. The number of carbonyl (C=O) groups excluding carboxylic acids is 2. The Balaban J connectivity index is 2.46. The van der Waals surface area contributed by atoms with E-state index < -0.39 is 34.3 Å². The van der Waals surface area contributed by atoms with Gasteiger partial charge in [-0.3, -0.25) is 13.9 Å². The maximum Gasteiger partial charge on any atom is 0.244 e. The third-order valence-electron chi connectivity index (χ3n) is 5.41. The first-order valence-corrected chi connectivity index (χ1v) is 13.3. The Morgan fingerprint density at radius 1 is 1.15 bits per heavy atom. The van der Waals surface area contributed by atoms with Crippen molar-refractivity contribution in [3.8, 4) is 0 Å². The van der Waals surface area contributed by atoms with Crippen LogP contribution in [-0.2, 0) is 26.2 Å². The molecular formula is C24H31ClFN3O4S. The van der Waals surface area contributed by atoms with E-state index >= 15 is 0 Å². The topological polar surface area (TPSA) is 86.8 Å². The molecule has 0 fully saturated rings. The highest BCUT2D eigenvalue weighted by Gasteiger charge is 2.32. The number of rotatable bonds is 11. The molecule has 0 saturated carbocycles. The maximum atomic E-state index is 13.7. The molecule has 2 aromatic rings. The minimum absolute atomic E-state index is 0.0570. The highest BCUT2D eigenvalue weighted by atomic mass is 35.5. The van der Waals surface area contributed by atoms with Gasteiger partial charge in [-0.05, 0) is 49.1 Å². The second-order valence-electron chi connectivity index (χ2n) is 8.03. The van der Waals surface area contributed by atoms with Gasteiger partial charge < -0.3 is 10.2 Å². The van der Waals surface area contributed by atoms with Gasteiger partial charge >= 0.3 is 0 Å². The van der Waals surface area contributed by atoms with E-state index in [1.54, 1.807) is 6.92 Å². The fraction of sp³-hybridized carbons (Fsp3) is 0.417. The van der Waals surface area contributed by atoms with Gasteiger partial charge in [-0.2, -0.15) is 0 Å². The van der Waals surface area contributed by atoms with Crippen molar-refractivity contribution < 1.29 is 22.4 Å². The molecule has 0 aliphatic carbocycles. The number of hydrogen-bond acceptors (Lipinski definition) is 4. The molecule has 0 radical (unpaired) electrons. The van der Waals surface area contributed by atoms with Crippen LogP contribution in [0.5, 0.6) is 0 Å². The fourth-order valence-corrected chi connectivity index (χ4v) is 4.53. The first kappa shape index (κ1) is 27.6. The van der Waals surface area contributed by atoms with Crippen LogP contribution in [0.2, 0.25) is 5.02 Å². The monoisotopic (exact) mass is 511 g/mol. The van der Waals surface area contributed by atoms with Gasteiger partial charge in [-0.15, -0.1) is 0 Å². The van der Waals surface area contributed by atoms with Crippen LogP contribution >= 0.6 is 11.6 Å². The van der Waals surface area contributed by atoms with Crippen LogP contribution in [0.3, 0.4) is 0 Å². The number of nitrogens with one attached hydrogen (secondary N) is 1. The minimum atomic E-state index is -3.92. The van der Waals surface area contributed by atoms with E-state index in [2.05, 4.69) is 5.32 Å². The summed E-state index contributed by atoms with van der Waals surface area (Å²) in [6.45, 7) is 5.65. The van der Waals surface area contributed by atoms with Crippen LogP contribution in [-0.4, -0.2) is 50.5 Å². The average molecular weight is 512 g/mol. The molecule has 2 amide bonds. The van der Waals surface area contributed by atoms with Crippen molar-refractivity contribution in [3.63, 3.8) is 0 Å². The minimum Gasteiger partial charge on any atom is -0.354 e. The summed E-state index contributed by atoms with van der Waals surface area (Å²) in [7, 11) is -3.92. The lowest BCUT2D eigenvalue weighted by Crippen LogP contribution is -2.52. The first-order valence-electron chi connectivity index (χ1n) is 11.0. The Morgan fingerprint density at radius 2 is 1.82 bits per heavy atom. The zero-order chi connectivity index (χ0) is 25.5. The second-order valence-corrected chi connectivity index (χ2v) is 10.3. The highest BCUT2D eigenvalue weighted by molar-refractivity contribution is 7.92. The molecule has 0 bridgehead atoms. The van der Waals surface area contributed by atoms with E-state index in [1.165, 1.54) is 11.0 Å². The third-order valence-corrected chi connectivity index (χ3v) is 6.84. The van der Waals surface area contributed by atoms with Gasteiger partial charge in [0.15, 0.2) is 0 Å². The van der Waals surface area contributed by atoms with Crippen molar-refractivity contribution in [1.82, 2.24) is 10.2 Å². The predicted molar refractivity (Wildman–Crippen MR) is 133 cm³/mol. The number of sulfonamides is 1. The number of anilines is 1. The van der Waals surface area contributed by atoms with Gasteiger partial charge in [0.2, 0.25) is 21.8 Å². The summed E-state index contributed by atoms with van der Waals surface area (Å²) in [5.41, 5.74) is 1.84. The SMILES string of the molecule is CCCNC(=O)[C@H](CC)N(Cc1ccccc1C)C(=O)CN(c1ccc(F)c(Cl)c1)S(C)(=O)=O. The lowest BCUT2D eigenvalue weighted by molar-refractivity contribution is -0.140. The number of benzene rings is 2. The molecule has 0 aliphatic heterocycles. The Labute approximate surface area is 205 Å². The summed E-state index contributed by atoms with van der Waals surface area (Å²) in [6.07, 6.45) is 2.03. The van der Waals surface area contributed by atoms with Crippen LogP contribution in [0, 0.1) is 12.7 Å². The number of hydrogen-bond donors (Lipinski definition) is 1. The Hall–Kier alpha value is -2.65. The summed E-state index contributed by atoms with van der Waals surface area (Å²) in [5.74, 6) is -1.57. The molecule has 2 rings (SSSR count). The van der Waals surface area contributed by atoms with Crippen LogP contribution < -0.4 is 9.62 Å². The zero-order valence-electron chi connectivity index (χ0n) is 19.8. The second kappa shape index (κ2) is 12.2. The summed E-state index contributed by atoms with van der Waals surface area (Å²) < 4.78 is 39.6. The Morgan fingerprint density at radius 3 is 2.38 bits per heavy atom. The lowest BCUT2D eigenvalue weighted by Gasteiger charge is -2.33. The summed E-state index contributed by atoms with van der Waals surface area (Å²) in [4.78, 5) is 27.8. The van der Waals surface area contributed by atoms with Gasteiger partial charge in [0.25, 0.3) is 0 Å². The van der Waals surface area contributed by atoms with E-state index in [9.17, 15) is 22.4 Å². The van der Waals surface area contributed by atoms with Crippen LogP contribution in [0.4, 0.5) is 10.1 Å². The number of nitrogens with zero attached hydrogens (tertiary/aromatic N) is 2. The molecule has 0 aliphatic rings. The maximum absolute atomic E-state index is 13.7. The Kier molecular flexibility index (Phi) is 9.88. The summed E-state index contributed by atoms with van der Waals surface area (Å²) in [5, 5.41) is 2.56. The predicted octanol–water partition coefficient (Wildman–Crippen LogP) is 3.89. The van der Waals surface area contributed by atoms with Crippen molar-refractivity contribution in [3.05, 3.63) is 64.4 Å².